The summed E-state index contributed by atoms with van der Waals surface area (Å²) < 4.78 is 5.88. The molecule has 2 aliphatic rings. The third-order valence-electron chi connectivity index (χ3n) is 5.90. The van der Waals surface area contributed by atoms with Crippen LogP contribution in [0.1, 0.15) is 70.3 Å². The molecule has 132 valence electrons. The van der Waals surface area contributed by atoms with Crippen LogP contribution in [0.4, 0.5) is 0 Å². The number of hydrogen-bond donors (Lipinski definition) is 0. The number of esters is 1. The van der Waals surface area contributed by atoms with E-state index in [1.54, 1.807) is 6.92 Å². The molecule has 3 heteroatoms. The van der Waals surface area contributed by atoms with Crippen molar-refractivity contribution in [2.45, 2.75) is 76.4 Å². The molecule has 3 atom stereocenters. The third kappa shape index (κ3) is 4.00. The molecule has 0 spiro atoms. The van der Waals surface area contributed by atoms with Crippen LogP contribution in [0, 0.1) is 0 Å². The highest BCUT2D eigenvalue weighted by molar-refractivity contribution is 5.66. The van der Waals surface area contributed by atoms with Gasteiger partial charge in [0, 0.05) is 32.5 Å². The van der Waals surface area contributed by atoms with Crippen molar-refractivity contribution in [2.75, 3.05) is 13.1 Å². The van der Waals surface area contributed by atoms with E-state index in [0.717, 1.165) is 45.2 Å². The fourth-order valence-electron chi connectivity index (χ4n) is 4.66. The molecular weight excluding hydrogens is 298 g/mol. The monoisotopic (exact) mass is 329 g/mol. The number of carbonyl (C=O) groups is 1. The lowest BCUT2D eigenvalue weighted by Crippen LogP contribution is -2.54. The first-order chi connectivity index (χ1) is 11.6. The second-order valence-electron chi connectivity index (χ2n) is 7.67. The zero-order valence-corrected chi connectivity index (χ0v) is 15.2. The first-order valence-electron chi connectivity index (χ1n) is 9.60. The summed E-state index contributed by atoms with van der Waals surface area (Å²) in [7, 11) is 0. The van der Waals surface area contributed by atoms with Crippen molar-refractivity contribution in [2.24, 2.45) is 0 Å². The second kappa shape index (κ2) is 7.69. The van der Waals surface area contributed by atoms with Gasteiger partial charge in [0.2, 0.25) is 0 Å². The molecule has 2 heterocycles. The fraction of sp³-hybridized carbons (Fsp3) is 0.667. The van der Waals surface area contributed by atoms with Crippen molar-refractivity contribution in [3.63, 3.8) is 0 Å². The van der Waals surface area contributed by atoms with Crippen LogP contribution < -0.4 is 0 Å². The van der Waals surface area contributed by atoms with Crippen LogP contribution in [0.15, 0.2) is 30.3 Å². The van der Waals surface area contributed by atoms with E-state index in [2.05, 4.69) is 42.2 Å². The van der Waals surface area contributed by atoms with Gasteiger partial charge in [0.25, 0.3) is 0 Å². The number of benzene rings is 1. The molecular formula is C21H31NO2. The molecule has 2 fully saturated rings. The van der Waals surface area contributed by atoms with E-state index < -0.39 is 0 Å². The van der Waals surface area contributed by atoms with Gasteiger partial charge in [0.1, 0.15) is 5.60 Å². The van der Waals surface area contributed by atoms with Crippen LogP contribution in [0.2, 0.25) is 0 Å². The second-order valence-corrected chi connectivity index (χ2v) is 7.67. The maximum atomic E-state index is 11.6. The van der Waals surface area contributed by atoms with Crippen molar-refractivity contribution in [1.82, 2.24) is 4.90 Å². The van der Waals surface area contributed by atoms with Gasteiger partial charge in [0.05, 0.1) is 0 Å². The predicted octanol–water partition coefficient (Wildman–Crippen LogP) is 4.52. The normalized spacial score (nSPS) is 30.6. The van der Waals surface area contributed by atoms with Crippen molar-refractivity contribution in [3.05, 3.63) is 35.9 Å². The smallest absolute Gasteiger partial charge is 0.303 e. The third-order valence-corrected chi connectivity index (χ3v) is 5.90. The van der Waals surface area contributed by atoms with Crippen LogP contribution in [0.5, 0.6) is 0 Å². The molecule has 0 aliphatic carbocycles. The first-order valence-corrected chi connectivity index (χ1v) is 9.60. The summed E-state index contributed by atoms with van der Waals surface area (Å²) >= 11 is 0. The highest BCUT2D eigenvalue weighted by Crippen LogP contribution is 2.41. The number of fused-ring (bicyclic) bond motifs is 1. The van der Waals surface area contributed by atoms with Gasteiger partial charge in [-0.15, -0.1) is 0 Å². The molecule has 0 N–H and O–H groups in total. The van der Waals surface area contributed by atoms with Crippen LogP contribution in [0.3, 0.4) is 0 Å². The molecule has 3 rings (SSSR count). The summed E-state index contributed by atoms with van der Waals surface area (Å²) in [5, 5.41) is 0. The average Bonchev–Trinajstić information content (AvgIpc) is 2.60. The highest BCUT2D eigenvalue weighted by atomic mass is 16.6. The van der Waals surface area contributed by atoms with Gasteiger partial charge in [-0.1, -0.05) is 43.7 Å². The Hall–Kier alpha value is -1.35. The number of nitrogens with zero attached hydrogens (tertiary/aromatic N) is 1. The molecule has 0 radical (unpaired) electrons. The molecule has 1 aromatic rings. The van der Waals surface area contributed by atoms with Crippen LogP contribution in [-0.2, 0) is 9.53 Å². The summed E-state index contributed by atoms with van der Waals surface area (Å²) in [5.41, 5.74) is 1.27. The molecule has 0 saturated carbocycles. The molecule has 0 bridgehead atoms. The standard InChI is InChI=1S/C21H31NO2/c1-3-4-12-21(24-17(2)23)13-14-22-16-19(10-11-20(22)15-21)18-8-6-5-7-9-18/h5-9,19-20H,3-4,10-16H2,1-2H3/t19-,20+,21+/m1/s1. The molecule has 3 nitrogen and oxygen atoms in total. The first kappa shape index (κ1) is 17.5. The highest BCUT2D eigenvalue weighted by Gasteiger charge is 2.43. The van der Waals surface area contributed by atoms with Crippen molar-refractivity contribution in [3.8, 4) is 0 Å². The number of ether oxygens (including phenoxy) is 1. The van der Waals surface area contributed by atoms with E-state index in [1.807, 2.05) is 0 Å². The Balaban J connectivity index is 1.66. The minimum absolute atomic E-state index is 0.113. The minimum Gasteiger partial charge on any atom is -0.459 e. The number of unbranched alkanes of at least 4 members (excludes halogenated alkanes) is 1. The lowest BCUT2D eigenvalue weighted by Gasteiger charge is -2.49. The van der Waals surface area contributed by atoms with Crippen LogP contribution in [0.25, 0.3) is 0 Å². The molecule has 2 aliphatic heterocycles. The number of piperidine rings is 2. The zero-order valence-electron chi connectivity index (χ0n) is 15.2. The van der Waals surface area contributed by atoms with E-state index in [4.69, 9.17) is 4.74 Å². The van der Waals surface area contributed by atoms with Gasteiger partial charge in [-0.3, -0.25) is 9.69 Å². The number of hydrogen-bond acceptors (Lipinski definition) is 3. The maximum Gasteiger partial charge on any atom is 0.303 e. The molecule has 0 amide bonds. The predicted molar refractivity (Wildman–Crippen MR) is 97.0 cm³/mol. The Labute approximate surface area is 146 Å². The maximum absolute atomic E-state index is 11.6. The summed E-state index contributed by atoms with van der Waals surface area (Å²) in [6.07, 6.45) is 7.80. The Bertz CT molecular complexity index is 544. The quantitative estimate of drug-likeness (QED) is 0.744. The lowest BCUT2D eigenvalue weighted by atomic mass is 9.76. The van der Waals surface area contributed by atoms with E-state index in [0.29, 0.717) is 12.0 Å². The Kier molecular flexibility index (Phi) is 5.60. The van der Waals surface area contributed by atoms with Crippen LogP contribution >= 0.6 is 0 Å². The van der Waals surface area contributed by atoms with Crippen molar-refractivity contribution < 1.29 is 9.53 Å². The summed E-state index contributed by atoms with van der Waals surface area (Å²) in [6.45, 7) is 5.98. The minimum atomic E-state index is -0.206. The Morgan fingerprint density at radius 3 is 2.79 bits per heavy atom. The number of carbonyl (C=O) groups excluding carboxylic acids is 1. The molecule has 0 aromatic heterocycles. The van der Waals surface area contributed by atoms with Crippen molar-refractivity contribution in [1.29, 1.82) is 0 Å². The summed E-state index contributed by atoms with van der Waals surface area (Å²) in [5.74, 6) is 0.539. The molecule has 0 unspecified atom stereocenters. The zero-order chi connectivity index (χ0) is 17.0. The van der Waals surface area contributed by atoms with E-state index in [9.17, 15) is 4.79 Å². The van der Waals surface area contributed by atoms with E-state index >= 15 is 0 Å². The molecule has 2 saturated heterocycles. The summed E-state index contributed by atoms with van der Waals surface area (Å²) in [6, 6.07) is 11.5. The SMILES string of the molecule is CCCC[C@]1(OC(C)=O)CCN2C[C@H](c3ccccc3)CC[C@H]2C1. The molecule has 24 heavy (non-hydrogen) atoms. The van der Waals surface area contributed by atoms with Gasteiger partial charge >= 0.3 is 5.97 Å². The van der Waals surface area contributed by atoms with Gasteiger partial charge < -0.3 is 4.74 Å². The largest absolute Gasteiger partial charge is 0.459 e. The Morgan fingerprint density at radius 2 is 2.08 bits per heavy atom. The van der Waals surface area contributed by atoms with Gasteiger partial charge in [-0.05, 0) is 43.6 Å². The Morgan fingerprint density at radius 1 is 1.29 bits per heavy atom. The van der Waals surface area contributed by atoms with Crippen molar-refractivity contribution >= 4 is 5.97 Å². The average molecular weight is 329 g/mol. The van der Waals surface area contributed by atoms with Crippen LogP contribution in [-0.4, -0.2) is 35.6 Å². The fourth-order valence-corrected chi connectivity index (χ4v) is 4.66. The molecule has 1 aromatic carbocycles. The van der Waals surface area contributed by atoms with Gasteiger partial charge in [0.15, 0.2) is 0 Å². The summed E-state index contributed by atoms with van der Waals surface area (Å²) in [4.78, 5) is 14.3. The van der Waals surface area contributed by atoms with Gasteiger partial charge in [-0.2, -0.15) is 0 Å². The lowest BCUT2D eigenvalue weighted by molar-refractivity contribution is -0.167. The topological polar surface area (TPSA) is 29.5 Å². The van der Waals surface area contributed by atoms with E-state index in [-0.39, 0.29) is 11.6 Å². The van der Waals surface area contributed by atoms with E-state index in [1.165, 1.54) is 18.4 Å². The van der Waals surface area contributed by atoms with Gasteiger partial charge in [-0.25, -0.2) is 0 Å². The number of rotatable bonds is 5.